The van der Waals surface area contributed by atoms with Gasteiger partial charge in [-0.3, -0.25) is 9.59 Å². The summed E-state index contributed by atoms with van der Waals surface area (Å²) in [5.74, 6) is -0.0441. The number of benzene rings is 1. The predicted molar refractivity (Wildman–Crippen MR) is 93.8 cm³/mol. The van der Waals surface area contributed by atoms with Gasteiger partial charge in [0, 0.05) is 37.1 Å². The second kappa shape index (κ2) is 7.53. The molecular formula is C18H24ClN3O2. The van der Waals surface area contributed by atoms with Crippen LogP contribution < -0.4 is 10.6 Å². The molecule has 2 saturated heterocycles. The maximum atomic E-state index is 12.8. The van der Waals surface area contributed by atoms with Crippen molar-refractivity contribution in [3.63, 3.8) is 0 Å². The normalized spacial score (nSPS) is 24.3. The van der Waals surface area contributed by atoms with E-state index in [0.717, 1.165) is 31.5 Å². The Kier molecular flexibility index (Phi) is 5.41. The van der Waals surface area contributed by atoms with Gasteiger partial charge >= 0.3 is 0 Å². The molecule has 2 aliphatic rings. The lowest BCUT2D eigenvalue weighted by Crippen LogP contribution is -2.41. The van der Waals surface area contributed by atoms with Gasteiger partial charge in [0.15, 0.2) is 0 Å². The van der Waals surface area contributed by atoms with E-state index >= 15 is 0 Å². The largest absolute Gasteiger partial charge is 0.349 e. The van der Waals surface area contributed by atoms with Gasteiger partial charge in [0.05, 0.1) is 12.5 Å². The third-order valence-electron chi connectivity index (χ3n) is 4.90. The molecule has 2 N–H and O–H groups in total. The third kappa shape index (κ3) is 4.28. The fourth-order valence-corrected chi connectivity index (χ4v) is 3.79. The Bertz CT molecular complexity index is 605. The number of hydrogen-bond acceptors (Lipinski definition) is 3. The van der Waals surface area contributed by atoms with E-state index in [-0.39, 0.29) is 24.3 Å². The number of amides is 2. The minimum Gasteiger partial charge on any atom is -0.349 e. The van der Waals surface area contributed by atoms with Crippen molar-refractivity contribution in [3.05, 3.63) is 34.9 Å². The number of nitrogens with one attached hydrogen (secondary N) is 2. The first kappa shape index (κ1) is 17.2. The van der Waals surface area contributed by atoms with E-state index in [1.807, 2.05) is 17.0 Å². The van der Waals surface area contributed by atoms with Gasteiger partial charge in [-0.2, -0.15) is 0 Å². The van der Waals surface area contributed by atoms with Crippen molar-refractivity contribution < 1.29 is 9.59 Å². The van der Waals surface area contributed by atoms with Gasteiger partial charge in [-0.25, -0.2) is 0 Å². The van der Waals surface area contributed by atoms with Crippen LogP contribution in [0.25, 0.3) is 0 Å². The Hall–Kier alpha value is -1.59. The number of nitrogens with zero attached hydrogens (tertiary/aromatic N) is 1. The first-order chi connectivity index (χ1) is 11.5. The average Bonchev–Trinajstić information content (AvgIpc) is 2.86. The molecule has 2 heterocycles. The molecule has 6 heteroatoms. The molecule has 1 aromatic rings. The summed E-state index contributed by atoms with van der Waals surface area (Å²) >= 11 is 5.93. The Labute approximate surface area is 147 Å². The summed E-state index contributed by atoms with van der Waals surface area (Å²) in [6.45, 7) is 3.03. The minimum atomic E-state index is -0.319. The van der Waals surface area contributed by atoms with Gasteiger partial charge in [-0.05, 0) is 37.0 Å². The van der Waals surface area contributed by atoms with Crippen LogP contribution in [0.15, 0.2) is 24.3 Å². The van der Waals surface area contributed by atoms with Crippen molar-refractivity contribution in [2.45, 2.75) is 50.7 Å². The zero-order chi connectivity index (χ0) is 17.1. The average molecular weight is 350 g/mol. The standard InChI is InChI=1S/C18H24ClN3O2/c1-12(23)20-17(13-2-4-14(19)5-3-13)10-18(24)22-9-8-15-6-7-16(11-22)21-15/h2-5,15-17,21H,6-11H2,1H3,(H,20,23). The zero-order valence-corrected chi connectivity index (χ0v) is 14.7. The van der Waals surface area contributed by atoms with Gasteiger partial charge in [0.2, 0.25) is 11.8 Å². The van der Waals surface area contributed by atoms with Gasteiger partial charge in [0.25, 0.3) is 0 Å². The summed E-state index contributed by atoms with van der Waals surface area (Å²) < 4.78 is 0. The topological polar surface area (TPSA) is 61.4 Å². The number of hydrogen-bond donors (Lipinski definition) is 2. The molecule has 0 aliphatic carbocycles. The second-order valence-corrected chi connectivity index (χ2v) is 7.21. The Morgan fingerprint density at radius 3 is 2.67 bits per heavy atom. The summed E-state index contributed by atoms with van der Waals surface area (Å²) in [5.41, 5.74) is 0.900. The third-order valence-corrected chi connectivity index (χ3v) is 5.16. The van der Waals surface area contributed by atoms with Gasteiger partial charge < -0.3 is 15.5 Å². The molecule has 2 amide bonds. The van der Waals surface area contributed by atoms with Crippen molar-refractivity contribution >= 4 is 23.4 Å². The van der Waals surface area contributed by atoms with Gasteiger partial charge in [-0.15, -0.1) is 0 Å². The molecule has 0 spiro atoms. The van der Waals surface area contributed by atoms with Gasteiger partial charge in [-0.1, -0.05) is 23.7 Å². The minimum absolute atomic E-state index is 0.0954. The molecule has 2 fully saturated rings. The summed E-state index contributed by atoms with van der Waals surface area (Å²) in [5, 5.41) is 7.11. The van der Waals surface area contributed by atoms with Crippen LogP contribution in [0.5, 0.6) is 0 Å². The Balaban J connectivity index is 1.68. The maximum Gasteiger partial charge on any atom is 0.225 e. The monoisotopic (exact) mass is 349 g/mol. The van der Waals surface area contributed by atoms with Crippen molar-refractivity contribution in [2.75, 3.05) is 13.1 Å². The lowest BCUT2D eigenvalue weighted by atomic mass is 10.0. The first-order valence-electron chi connectivity index (χ1n) is 8.57. The zero-order valence-electron chi connectivity index (χ0n) is 13.9. The number of carbonyl (C=O) groups excluding carboxylic acids is 2. The SMILES string of the molecule is CC(=O)NC(CC(=O)N1CCC2CCC(C1)N2)c1ccc(Cl)cc1. The Morgan fingerprint density at radius 2 is 1.96 bits per heavy atom. The molecule has 0 radical (unpaired) electrons. The van der Waals surface area contributed by atoms with Gasteiger partial charge in [0.1, 0.15) is 0 Å². The van der Waals surface area contributed by atoms with Crippen LogP contribution in [0.4, 0.5) is 0 Å². The fourth-order valence-electron chi connectivity index (χ4n) is 3.67. The molecule has 1 aromatic carbocycles. The number of likely N-dealkylation sites (tertiary alicyclic amines) is 1. The quantitative estimate of drug-likeness (QED) is 0.876. The van der Waals surface area contributed by atoms with E-state index in [9.17, 15) is 9.59 Å². The number of halogens is 1. The fraction of sp³-hybridized carbons (Fsp3) is 0.556. The van der Waals surface area contributed by atoms with E-state index < -0.39 is 0 Å². The van der Waals surface area contributed by atoms with E-state index in [0.29, 0.717) is 17.1 Å². The molecule has 0 saturated carbocycles. The molecular weight excluding hydrogens is 326 g/mol. The maximum absolute atomic E-state index is 12.8. The van der Waals surface area contributed by atoms with Crippen LogP contribution in [0.2, 0.25) is 5.02 Å². The van der Waals surface area contributed by atoms with Crippen LogP contribution in [0.1, 0.15) is 44.2 Å². The van der Waals surface area contributed by atoms with Crippen molar-refractivity contribution in [1.82, 2.24) is 15.5 Å². The first-order valence-corrected chi connectivity index (χ1v) is 8.95. The smallest absolute Gasteiger partial charge is 0.225 e. The molecule has 130 valence electrons. The van der Waals surface area contributed by atoms with Crippen molar-refractivity contribution in [3.8, 4) is 0 Å². The highest BCUT2D eigenvalue weighted by molar-refractivity contribution is 6.30. The number of carbonyl (C=O) groups is 2. The lowest BCUT2D eigenvalue weighted by Gasteiger charge is -2.27. The van der Waals surface area contributed by atoms with Crippen molar-refractivity contribution in [1.29, 1.82) is 0 Å². The summed E-state index contributed by atoms with van der Waals surface area (Å²) in [6, 6.07) is 7.94. The predicted octanol–water partition coefficient (Wildman–Crippen LogP) is 2.26. The van der Waals surface area contributed by atoms with Crippen LogP contribution in [-0.2, 0) is 9.59 Å². The lowest BCUT2D eigenvalue weighted by molar-refractivity contribution is -0.132. The number of rotatable bonds is 4. The van der Waals surface area contributed by atoms with E-state index in [1.165, 1.54) is 13.3 Å². The van der Waals surface area contributed by atoms with Crippen LogP contribution in [0, 0.1) is 0 Å². The van der Waals surface area contributed by atoms with Crippen LogP contribution in [-0.4, -0.2) is 41.9 Å². The highest BCUT2D eigenvalue weighted by Crippen LogP contribution is 2.24. The molecule has 2 aliphatic heterocycles. The summed E-state index contributed by atoms with van der Waals surface area (Å²) in [6.07, 6.45) is 3.64. The van der Waals surface area contributed by atoms with E-state index in [4.69, 9.17) is 11.6 Å². The van der Waals surface area contributed by atoms with E-state index in [2.05, 4.69) is 10.6 Å². The molecule has 3 unspecified atom stereocenters. The Morgan fingerprint density at radius 1 is 1.25 bits per heavy atom. The summed E-state index contributed by atoms with van der Waals surface area (Å²) in [7, 11) is 0. The molecule has 3 rings (SSSR count). The van der Waals surface area contributed by atoms with Crippen LogP contribution in [0.3, 0.4) is 0 Å². The number of fused-ring (bicyclic) bond motifs is 2. The summed E-state index contributed by atoms with van der Waals surface area (Å²) in [4.78, 5) is 26.3. The highest BCUT2D eigenvalue weighted by atomic mass is 35.5. The second-order valence-electron chi connectivity index (χ2n) is 6.78. The molecule has 2 bridgehead atoms. The molecule has 3 atom stereocenters. The van der Waals surface area contributed by atoms with E-state index in [1.54, 1.807) is 12.1 Å². The molecule has 5 nitrogen and oxygen atoms in total. The molecule has 24 heavy (non-hydrogen) atoms. The highest BCUT2D eigenvalue weighted by Gasteiger charge is 2.32. The van der Waals surface area contributed by atoms with Crippen LogP contribution >= 0.6 is 11.6 Å². The molecule has 0 aromatic heterocycles. The van der Waals surface area contributed by atoms with Crippen molar-refractivity contribution in [2.24, 2.45) is 0 Å².